The SMILES string of the molecule is Cl.c1cc2c(cc1CNC1CCCC1C1COCCN1)OCCO2. The summed E-state index contributed by atoms with van der Waals surface area (Å²) in [5, 5.41) is 7.39. The second-order valence-corrected chi connectivity index (χ2v) is 6.70. The van der Waals surface area contributed by atoms with Crippen LogP contribution in [-0.2, 0) is 11.3 Å². The van der Waals surface area contributed by atoms with Gasteiger partial charge in [0.25, 0.3) is 0 Å². The van der Waals surface area contributed by atoms with Crippen LogP contribution < -0.4 is 20.1 Å². The van der Waals surface area contributed by atoms with Crippen LogP contribution in [-0.4, -0.2) is 45.1 Å². The van der Waals surface area contributed by atoms with Gasteiger partial charge in [-0.1, -0.05) is 12.5 Å². The fourth-order valence-electron chi connectivity index (χ4n) is 4.03. The highest BCUT2D eigenvalue weighted by atomic mass is 35.5. The molecular weight excluding hydrogens is 328 g/mol. The molecular formula is C18H27ClN2O3. The van der Waals surface area contributed by atoms with E-state index in [-0.39, 0.29) is 12.4 Å². The Kier molecular flexibility index (Phi) is 6.22. The summed E-state index contributed by atoms with van der Waals surface area (Å²) in [7, 11) is 0. The van der Waals surface area contributed by atoms with Crippen LogP contribution in [0.25, 0.3) is 0 Å². The monoisotopic (exact) mass is 354 g/mol. The molecule has 6 heteroatoms. The molecule has 3 aliphatic rings. The van der Waals surface area contributed by atoms with E-state index in [1.54, 1.807) is 0 Å². The number of morpholine rings is 1. The van der Waals surface area contributed by atoms with Crippen LogP contribution in [0.1, 0.15) is 24.8 Å². The molecule has 24 heavy (non-hydrogen) atoms. The van der Waals surface area contributed by atoms with Crippen molar-refractivity contribution < 1.29 is 14.2 Å². The Bertz CT molecular complexity index is 537. The van der Waals surface area contributed by atoms with Crippen molar-refractivity contribution in [1.82, 2.24) is 10.6 Å². The molecule has 0 radical (unpaired) electrons. The molecule has 0 amide bonds. The van der Waals surface area contributed by atoms with Crippen molar-refractivity contribution in [2.24, 2.45) is 5.92 Å². The fourth-order valence-corrected chi connectivity index (χ4v) is 4.03. The lowest BCUT2D eigenvalue weighted by Crippen LogP contribution is -2.50. The van der Waals surface area contributed by atoms with Gasteiger partial charge in [0.1, 0.15) is 13.2 Å². The second-order valence-electron chi connectivity index (χ2n) is 6.70. The van der Waals surface area contributed by atoms with Crippen molar-refractivity contribution in [1.29, 1.82) is 0 Å². The molecule has 1 aliphatic carbocycles. The minimum Gasteiger partial charge on any atom is -0.486 e. The molecule has 0 spiro atoms. The summed E-state index contributed by atoms with van der Waals surface area (Å²) in [5.41, 5.74) is 1.26. The minimum absolute atomic E-state index is 0. The summed E-state index contributed by atoms with van der Waals surface area (Å²) >= 11 is 0. The van der Waals surface area contributed by atoms with E-state index >= 15 is 0 Å². The zero-order valence-corrected chi connectivity index (χ0v) is 14.8. The minimum atomic E-state index is 0. The highest BCUT2D eigenvalue weighted by Crippen LogP contribution is 2.32. The van der Waals surface area contributed by atoms with Crippen LogP contribution in [0.5, 0.6) is 11.5 Å². The zero-order valence-electron chi connectivity index (χ0n) is 14.0. The predicted octanol–water partition coefficient (Wildman–Crippen LogP) is 2.13. The van der Waals surface area contributed by atoms with Gasteiger partial charge in [-0.3, -0.25) is 0 Å². The van der Waals surface area contributed by atoms with E-state index < -0.39 is 0 Å². The van der Waals surface area contributed by atoms with E-state index in [2.05, 4.69) is 22.8 Å². The molecule has 0 aromatic heterocycles. The Morgan fingerprint density at radius 1 is 1.08 bits per heavy atom. The van der Waals surface area contributed by atoms with Gasteiger partial charge in [0.2, 0.25) is 0 Å². The number of hydrogen-bond acceptors (Lipinski definition) is 5. The molecule has 1 saturated heterocycles. The molecule has 2 fully saturated rings. The second kappa shape index (κ2) is 8.39. The van der Waals surface area contributed by atoms with Crippen molar-refractivity contribution in [3.05, 3.63) is 23.8 Å². The van der Waals surface area contributed by atoms with Crippen LogP contribution >= 0.6 is 12.4 Å². The third kappa shape index (κ3) is 3.97. The van der Waals surface area contributed by atoms with Crippen LogP contribution in [0.3, 0.4) is 0 Å². The number of rotatable bonds is 4. The Balaban J connectivity index is 0.00000169. The molecule has 0 bridgehead atoms. The standard InChI is InChI=1S/C18H26N2O3.ClH/c1-2-14(16-12-21-7-6-19-16)15(3-1)20-11-13-4-5-17-18(10-13)23-9-8-22-17;/h4-5,10,14-16,19-20H,1-3,6-9,11-12H2;1H. The summed E-state index contributed by atoms with van der Waals surface area (Å²) < 4.78 is 16.9. The zero-order chi connectivity index (χ0) is 15.5. The first-order valence-electron chi connectivity index (χ1n) is 8.83. The molecule has 5 nitrogen and oxygen atoms in total. The molecule has 3 unspecified atom stereocenters. The average molecular weight is 355 g/mol. The lowest BCUT2D eigenvalue weighted by Gasteiger charge is -2.33. The van der Waals surface area contributed by atoms with Gasteiger partial charge < -0.3 is 24.8 Å². The van der Waals surface area contributed by atoms with Gasteiger partial charge in [0.15, 0.2) is 11.5 Å². The lowest BCUT2D eigenvalue weighted by atomic mass is 9.94. The van der Waals surface area contributed by atoms with Crippen molar-refractivity contribution >= 4 is 12.4 Å². The first kappa shape index (κ1) is 17.8. The molecule has 1 aromatic rings. The summed E-state index contributed by atoms with van der Waals surface area (Å²) in [6, 6.07) is 7.33. The van der Waals surface area contributed by atoms with Crippen molar-refractivity contribution in [3.63, 3.8) is 0 Å². The molecule has 1 saturated carbocycles. The van der Waals surface area contributed by atoms with E-state index in [4.69, 9.17) is 14.2 Å². The quantitative estimate of drug-likeness (QED) is 0.867. The van der Waals surface area contributed by atoms with Gasteiger partial charge in [0, 0.05) is 25.2 Å². The number of halogens is 1. The lowest BCUT2D eigenvalue weighted by molar-refractivity contribution is 0.0524. The molecule has 2 heterocycles. The topological polar surface area (TPSA) is 51.8 Å². The van der Waals surface area contributed by atoms with Crippen molar-refractivity contribution in [3.8, 4) is 11.5 Å². The van der Waals surface area contributed by atoms with E-state index in [9.17, 15) is 0 Å². The molecule has 2 aliphatic heterocycles. The molecule has 3 atom stereocenters. The van der Waals surface area contributed by atoms with E-state index in [1.807, 2.05) is 6.07 Å². The molecule has 4 rings (SSSR count). The first-order chi connectivity index (χ1) is 11.4. The van der Waals surface area contributed by atoms with E-state index in [0.29, 0.717) is 31.2 Å². The number of benzene rings is 1. The number of ether oxygens (including phenoxy) is 3. The third-order valence-electron chi connectivity index (χ3n) is 5.21. The van der Waals surface area contributed by atoms with Gasteiger partial charge in [-0.2, -0.15) is 0 Å². The number of nitrogens with one attached hydrogen (secondary N) is 2. The number of fused-ring (bicyclic) bond motifs is 1. The largest absolute Gasteiger partial charge is 0.486 e. The van der Waals surface area contributed by atoms with Crippen molar-refractivity contribution in [2.75, 3.05) is 33.0 Å². The summed E-state index contributed by atoms with van der Waals surface area (Å²) in [4.78, 5) is 0. The van der Waals surface area contributed by atoms with Gasteiger partial charge in [0.05, 0.1) is 13.2 Å². The summed E-state index contributed by atoms with van der Waals surface area (Å²) in [6.45, 7) is 4.85. The Morgan fingerprint density at radius 2 is 1.96 bits per heavy atom. The highest BCUT2D eigenvalue weighted by Gasteiger charge is 2.34. The van der Waals surface area contributed by atoms with Crippen LogP contribution in [0.2, 0.25) is 0 Å². The molecule has 2 N–H and O–H groups in total. The van der Waals surface area contributed by atoms with Gasteiger partial charge in [-0.15, -0.1) is 12.4 Å². The number of hydrogen-bond donors (Lipinski definition) is 2. The van der Waals surface area contributed by atoms with Gasteiger partial charge in [-0.25, -0.2) is 0 Å². The van der Waals surface area contributed by atoms with E-state index in [1.165, 1.54) is 24.8 Å². The average Bonchev–Trinajstić information content (AvgIpc) is 3.09. The first-order valence-corrected chi connectivity index (χ1v) is 8.83. The third-order valence-corrected chi connectivity index (χ3v) is 5.21. The highest BCUT2D eigenvalue weighted by molar-refractivity contribution is 5.85. The maximum atomic E-state index is 5.67. The van der Waals surface area contributed by atoms with Crippen LogP contribution in [0, 0.1) is 5.92 Å². The maximum absolute atomic E-state index is 5.67. The molecule has 134 valence electrons. The van der Waals surface area contributed by atoms with Gasteiger partial charge in [-0.05, 0) is 36.5 Å². The van der Waals surface area contributed by atoms with Crippen LogP contribution in [0.4, 0.5) is 0 Å². The molecule has 1 aromatic carbocycles. The van der Waals surface area contributed by atoms with Crippen molar-refractivity contribution in [2.45, 2.75) is 37.9 Å². The predicted molar refractivity (Wildman–Crippen MR) is 95.3 cm³/mol. The summed E-state index contributed by atoms with van der Waals surface area (Å²) in [6.07, 6.45) is 3.86. The maximum Gasteiger partial charge on any atom is 0.161 e. The Morgan fingerprint density at radius 3 is 2.79 bits per heavy atom. The normalized spacial score (nSPS) is 29.1. The Labute approximate surface area is 149 Å². The fraction of sp³-hybridized carbons (Fsp3) is 0.667. The van der Waals surface area contributed by atoms with E-state index in [0.717, 1.165) is 37.8 Å². The Hall–Kier alpha value is -1.01. The van der Waals surface area contributed by atoms with Crippen LogP contribution in [0.15, 0.2) is 18.2 Å². The van der Waals surface area contributed by atoms with Gasteiger partial charge >= 0.3 is 0 Å². The summed E-state index contributed by atoms with van der Waals surface area (Å²) in [5.74, 6) is 2.41. The smallest absolute Gasteiger partial charge is 0.161 e.